The van der Waals surface area contributed by atoms with E-state index < -0.39 is 53.5 Å². The Hall–Kier alpha value is -4.09. The molecule has 1 aliphatic rings. The van der Waals surface area contributed by atoms with Gasteiger partial charge in [-0.15, -0.1) is 0 Å². The van der Waals surface area contributed by atoms with Crippen molar-refractivity contribution in [2.45, 2.75) is 91.1 Å². The Morgan fingerprint density at radius 3 is 2.41 bits per heavy atom. The first kappa shape index (κ1) is 36.4. The van der Waals surface area contributed by atoms with Crippen LogP contribution in [0.1, 0.15) is 78.7 Å². The summed E-state index contributed by atoms with van der Waals surface area (Å²) < 4.78 is 11.3. The molecule has 0 aliphatic carbocycles. The number of methoxy groups -OCH3 is 1. The van der Waals surface area contributed by atoms with Crippen molar-refractivity contribution in [1.82, 2.24) is 26.1 Å². The number of nitrogens with one attached hydrogen (secondary N) is 3. The van der Waals surface area contributed by atoms with Crippen molar-refractivity contribution in [3.63, 3.8) is 0 Å². The lowest BCUT2D eigenvalue weighted by Gasteiger charge is -2.41. The molecule has 0 bridgehead atoms. The van der Waals surface area contributed by atoms with Gasteiger partial charge >= 0.3 is 5.97 Å². The van der Waals surface area contributed by atoms with E-state index in [0.29, 0.717) is 19.4 Å². The zero-order valence-electron chi connectivity index (χ0n) is 28.3. The van der Waals surface area contributed by atoms with Crippen molar-refractivity contribution < 1.29 is 28.7 Å². The minimum Gasteiger partial charge on any atom is -0.456 e. The van der Waals surface area contributed by atoms with Gasteiger partial charge in [0, 0.05) is 25.2 Å². The Morgan fingerprint density at radius 2 is 1.78 bits per heavy atom. The fourth-order valence-corrected chi connectivity index (χ4v) is 5.42. The van der Waals surface area contributed by atoms with Crippen LogP contribution in [0.5, 0.6) is 0 Å². The summed E-state index contributed by atoms with van der Waals surface area (Å²) in [7, 11) is 1.52. The molecule has 1 saturated heterocycles. The van der Waals surface area contributed by atoms with E-state index >= 15 is 0 Å². The van der Waals surface area contributed by atoms with Crippen molar-refractivity contribution in [2.24, 2.45) is 11.8 Å². The van der Waals surface area contributed by atoms with E-state index in [9.17, 15) is 19.2 Å². The van der Waals surface area contributed by atoms with Crippen LogP contribution in [0.2, 0.25) is 0 Å². The van der Waals surface area contributed by atoms with Gasteiger partial charge in [-0.2, -0.15) is 0 Å². The number of nitrogens with zero attached hydrogens (tertiary/aromatic N) is 2. The van der Waals surface area contributed by atoms with Gasteiger partial charge in [0.25, 0.3) is 5.91 Å². The van der Waals surface area contributed by atoms with Crippen LogP contribution in [0.15, 0.2) is 49.2 Å². The number of carbonyl (C=O) groups is 4. The maximum Gasteiger partial charge on any atom is 0.328 e. The van der Waals surface area contributed by atoms with Gasteiger partial charge in [-0.1, -0.05) is 51.6 Å². The van der Waals surface area contributed by atoms with Gasteiger partial charge in [0.15, 0.2) is 0 Å². The first-order valence-corrected chi connectivity index (χ1v) is 15.8. The third-order valence-corrected chi connectivity index (χ3v) is 8.42. The monoisotopic (exact) mass is 635 g/mol. The molecule has 1 aromatic heterocycles. The van der Waals surface area contributed by atoms with Crippen LogP contribution < -0.4 is 16.1 Å². The number of hydrazine groups is 1. The maximum absolute atomic E-state index is 13.5. The summed E-state index contributed by atoms with van der Waals surface area (Å²) >= 11 is 0. The Kier molecular flexibility index (Phi) is 12.6. The number of fused-ring (bicyclic) bond motifs is 1. The summed E-state index contributed by atoms with van der Waals surface area (Å²) in [6, 6.07) is 5.94. The molecule has 1 fully saturated rings. The largest absolute Gasteiger partial charge is 0.456 e. The predicted molar refractivity (Wildman–Crippen MR) is 178 cm³/mol. The molecule has 3 N–H and O–H groups in total. The van der Waals surface area contributed by atoms with Crippen molar-refractivity contribution in [1.29, 1.82) is 0 Å². The highest BCUT2D eigenvalue weighted by Gasteiger charge is 2.42. The molecule has 3 amide bonds. The molecule has 0 radical (unpaired) electrons. The third-order valence-electron chi connectivity index (χ3n) is 8.42. The molecular formula is C35H49N5O6. The van der Waals surface area contributed by atoms with E-state index in [0.717, 1.165) is 22.0 Å². The second-order valence-corrected chi connectivity index (χ2v) is 12.5. The Morgan fingerprint density at radius 1 is 1.07 bits per heavy atom. The molecule has 46 heavy (non-hydrogen) atoms. The van der Waals surface area contributed by atoms with Crippen molar-refractivity contribution >= 4 is 40.5 Å². The number of hydrogen-bond donors (Lipinski definition) is 3. The van der Waals surface area contributed by atoms with Crippen molar-refractivity contribution in [3.8, 4) is 0 Å². The fraction of sp³-hybridized carbons (Fsp3) is 0.514. The smallest absolute Gasteiger partial charge is 0.328 e. The van der Waals surface area contributed by atoms with Crippen LogP contribution in [0, 0.1) is 11.8 Å². The predicted octanol–water partition coefficient (Wildman–Crippen LogP) is 4.24. The highest BCUT2D eigenvalue weighted by Crippen LogP contribution is 2.27. The lowest BCUT2D eigenvalue weighted by Crippen LogP contribution is -2.65. The topological polar surface area (TPSA) is 139 Å². The lowest BCUT2D eigenvalue weighted by molar-refractivity contribution is -0.164. The molecule has 2 aromatic rings. The number of hydrogen-bond acceptors (Lipinski definition) is 8. The SMILES string of the molecule is C=Cc1cc2cc([C@@H](C)OC(=O)C3(C)CCCN(C(=O)C(C)NC(=O)[C@@H](NC(=O)[C@H](C)C(/C=C/C)OC)C(C)C)N3)ccc2cn1. The molecule has 2 heterocycles. The Labute approximate surface area is 272 Å². The van der Waals surface area contributed by atoms with Crippen LogP contribution in [0.4, 0.5) is 0 Å². The highest BCUT2D eigenvalue weighted by atomic mass is 16.5. The zero-order chi connectivity index (χ0) is 34.2. The summed E-state index contributed by atoms with van der Waals surface area (Å²) in [6.45, 7) is 16.4. The van der Waals surface area contributed by atoms with E-state index in [1.165, 1.54) is 12.1 Å². The number of benzene rings is 1. The number of amides is 3. The second kappa shape index (κ2) is 16.0. The molecule has 11 nitrogen and oxygen atoms in total. The van der Waals surface area contributed by atoms with Gasteiger partial charge in [-0.25, -0.2) is 10.2 Å². The molecule has 0 spiro atoms. The van der Waals surface area contributed by atoms with Crippen molar-refractivity contribution in [2.75, 3.05) is 13.7 Å². The van der Waals surface area contributed by atoms with Crippen LogP contribution in [-0.2, 0) is 28.7 Å². The van der Waals surface area contributed by atoms with E-state index in [1.54, 1.807) is 45.2 Å². The number of carbonyl (C=O) groups excluding carboxylic acids is 4. The molecule has 11 heteroatoms. The van der Waals surface area contributed by atoms with Gasteiger partial charge in [0.1, 0.15) is 23.7 Å². The minimum atomic E-state index is -1.15. The van der Waals surface area contributed by atoms with E-state index in [2.05, 4.69) is 27.6 Å². The molecule has 1 aliphatic heterocycles. The summed E-state index contributed by atoms with van der Waals surface area (Å²) in [5, 5.41) is 8.85. The van der Waals surface area contributed by atoms with Crippen LogP contribution in [0.3, 0.4) is 0 Å². The molecule has 0 saturated carbocycles. The van der Waals surface area contributed by atoms with E-state index in [1.807, 2.05) is 52.0 Å². The van der Waals surface area contributed by atoms with Crippen LogP contribution in [0.25, 0.3) is 16.8 Å². The first-order valence-electron chi connectivity index (χ1n) is 15.8. The molecule has 1 aromatic carbocycles. The quantitative estimate of drug-likeness (QED) is 0.220. The maximum atomic E-state index is 13.5. The summed E-state index contributed by atoms with van der Waals surface area (Å²) in [6.07, 6.45) is 7.08. The standard InChI is InChI=1S/C35H49N5O6/c1-10-13-29(45-9)22(5)31(41)38-30(21(3)4)32(42)37-23(6)33(43)40-17-12-16-35(8,39-40)34(44)46-24(7)25-14-15-26-20-36-28(11-2)19-27(26)18-25/h10-11,13-15,18-24,29-30,39H,2,12,16-17H2,1,3-9H3,(H,37,42)(H,38,41)/b13-10+/t22-,23?,24-,29?,30+,35?/m1/s1. The summed E-state index contributed by atoms with van der Waals surface area (Å²) in [4.78, 5) is 57.5. The number of rotatable bonds is 13. The highest BCUT2D eigenvalue weighted by molar-refractivity contribution is 5.93. The second-order valence-electron chi connectivity index (χ2n) is 12.5. The third kappa shape index (κ3) is 8.79. The summed E-state index contributed by atoms with van der Waals surface area (Å²) in [5.41, 5.74) is 3.49. The van der Waals surface area contributed by atoms with E-state index in [-0.39, 0.29) is 11.8 Å². The normalized spacial score (nSPS) is 20.1. The average Bonchev–Trinajstić information content (AvgIpc) is 3.04. The molecule has 250 valence electrons. The van der Waals surface area contributed by atoms with Crippen LogP contribution >= 0.6 is 0 Å². The molecule has 3 rings (SSSR count). The molecule has 3 unspecified atom stereocenters. The van der Waals surface area contributed by atoms with Crippen molar-refractivity contribution in [3.05, 3.63) is 60.5 Å². The number of pyridine rings is 1. The zero-order valence-corrected chi connectivity index (χ0v) is 28.3. The molecule has 6 atom stereocenters. The lowest BCUT2D eigenvalue weighted by atomic mass is 9.94. The summed E-state index contributed by atoms with van der Waals surface area (Å²) in [5.74, 6) is -2.47. The average molecular weight is 636 g/mol. The van der Waals surface area contributed by atoms with Gasteiger partial charge < -0.3 is 20.1 Å². The minimum absolute atomic E-state index is 0.238. The van der Waals surface area contributed by atoms with Crippen LogP contribution in [-0.4, -0.2) is 71.1 Å². The first-order chi connectivity index (χ1) is 21.7. The fourth-order valence-electron chi connectivity index (χ4n) is 5.42. The molecular weight excluding hydrogens is 586 g/mol. The van der Waals surface area contributed by atoms with Gasteiger partial charge in [-0.3, -0.25) is 24.4 Å². The van der Waals surface area contributed by atoms with E-state index in [4.69, 9.17) is 9.47 Å². The number of aromatic nitrogens is 1. The Bertz CT molecular complexity index is 1460. The van der Waals surface area contributed by atoms with Gasteiger partial charge in [0.05, 0.1) is 17.7 Å². The number of ether oxygens (including phenoxy) is 2. The van der Waals surface area contributed by atoms with Gasteiger partial charge in [0.2, 0.25) is 11.8 Å². The van der Waals surface area contributed by atoms with Gasteiger partial charge in [-0.05, 0) is 75.6 Å². The number of esters is 1. The number of allylic oxidation sites excluding steroid dienone is 1. The Balaban J connectivity index is 1.63.